The molecule has 1 aromatic rings. The molecule has 6 nitrogen and oxygen atoms in total. The lowest BCUT2D eigenvalue weighted by Crippen LogP contribution is -2.30. The van der Waals surface area contributed by atoms with Crippen LogP contribution < -0.4 is 11.1 Å². The van der Waals surface area contributed by atoms with Crippen LogP contribution in [0.25, 0.3) is 0 Å². The monoisotopic (exact) mass is 283 g/mol. The summed E-state index contributed by atoms with van der Waals surface area (Å²) in [5.41, 5.74) is 7.13. The molecule has 1 aliphatic rings. The quantitative estimate of drug-likeness (QED) is 0.313. The Balaban J connectivity index is 2.04. The largest absolute Gasteiger partial charge is 0.409 e. The van der Waals surface area contributed by atoms with Gasteiger partial charge in [-0.1, -0.05) is 29.4 Å². The van der Waals surface area contributed by atoms with E-state index in [0.29, 0.717) is 18.5 Å². The number of amidine groups is 1. The van der Waals surface area contributed by atoms with Crippen LogP contribution in [0.15, 0.2) is 29.4 Å². The molecule has 104 valence electrons. The smallest absolute Gasteiger partial charge is 0.170 e. The Labute approximate surface area is 112 Å². The minimum Gasteiger partial charge on any atom is -0.409 e. The highest BCUT2D eigenvalue weighted by Gasteiger charge is 2.27. The second-order valence-corrected chi connectivity index (χ2v) is 6.85. The van der Waals surface area contributed by atoms with Crippen LogP contribution in [-0.2, 0) is 16.4 Å². The normalized spacial score (nSPS) is 22.5. The molecule has 19 heavy (non-hydrogen) atoms. The third-order valence-electron chi connectivity index (χ3n) is 3.21. The van der Waals surface area contributed by atoms with Crippen molar-refractivity contribution in [2.45, 2.75) is 19.0 Å². The summed E-state index contributed by atoms with van der Waals surface area (Å²) < 4.78 is 22.7. The molecule has 4 N–H and O–H groups in total. The Hall–Kier alpha value is -1.60. The Morgan fingerprint density at radius 3 is 2.84 bits per heavy atom. The molecule has 1 fully saturated rings. The van der Waals surface area contributed by atoms with Crippen LogP contribution in [0.5, 0.6) is 0 Å². The molecule has 0 radical (unpaired) electrons. The van der Waals surface area contributed by atoms with Crippen LogP contribution in [0, 0.1) is 0 Å². The predicted octanol–water partition coefficient (Wildman–Crippen LogP) is 0.0578. The van der Waals surface area contributed by atoms with E-state index in [0.717, 1.165) is 5.56 Å². The van der Waals surface area contributed by atoms with Gasteiger partial charge >= 0.3 is 0 Å². The molecule has 1 saturated heterocycles. The lowest BCUT2D eigenvalue weighted by molar-refractivity contribution is 0.318. The molecular weight excluding hydrogens is 266 g/mol. The molecule has 2 rings (SSSR count). The average Bonchev–Trinajstić information content (AvgIpc) is 2.75. The van der Waals surface area contributed by atoms with Crippen LogP contribution >= 0.6 is 0 Å². The van der Waals surface area contributed by atoms with E-state index >= 15 is 0 Å². The standard InChI is InChI=1S/C12H17N3O3S/c13-12(15-16)11-4-2-1-3-9(11)7-14-10-5-6-19(17,18)8-10/h1-4,10,14,16H,5-8H2,(H2,13,15). The Bertz CT molecular complexity index is 584. The summed E-state index contributed by atoms with van der Waals surface area (Å²) in [7, 11) is -2.88. The van der Waals surface area contributed by atoms with E-state index in [2.05, 4.69) is 10.5 Å². The van der Waals surface area contributed by atoms with E-state index in [4.69, 9.17) is 10.9 Å². The molecule has 1 aliphatic heterocycles. The Morgan fingerprint density at radius 1 is 1.47 bits per heavy atom. The van der Waals surface area contributed by atoms with Crippen molar-refractivity contribution in [3.05, 3.63) is 35.4 Å². The number of hydrogen-bond acceptors (Lipinski definition) is 5. The summed E-state index contributed by atoms with van der Waals surface area (Å²) in [4.78, 5) is 0. The molecule has 0 amide bonds. The van der Waals surface area contributed by atoms with Gasteiger partial charge in [-0.05, 0) is 12.0 Å². The second kappa shape index (κ2) is 5.58. The number of hydrogen-bond donors (Lipinski definition) is 3. The van der Waals surface area contributed by atoms with E-state index < -0.39 is 9.84 Å². The molecule has 0 saturated carbocycles. The third-order valence-corrected chi connectivity index (χ3v) is 4.98. The van der Waals surface area contributed by atoms with Crippen molar-refractivity contribution < 1.29 is 13.6 Å². The van der Waals surface area contributed by atoms with Crippen LogP contribution in [0.3, 0.4) is 0 Å². The molecule has 0 aliphatic carbocycles. The molecule has 1 atom stereocenters. The van der Waals surface area contributed by atoms with Crippen molar-refractivity contribution in [3.8, 4) is 0 Å². The Morgan fingerprint density at radius 2 is 2.21 bits per heavy atom. The summed E-state index contributed by atoms with van der Waals surface area (Å²) in [6.45, 7) is 0.493. The van der Waals surface area contributed by atoms with Crippen molar-refractivity contribution in [3.63, 3.8) is 0 Å². The molecule has 0 bridgehead atoms. The van der Waals surface area contributed by atoms with Gasteiger partial charge in [0.15, 0.2) is 15.7 Å². The van der Waals surface area contributed by atoms with Crippen molar-refractivity contribution in [2.24, 2.45) is 10.9 Å². The molecular formula is C12H17N3O3S. The average molecular weight is 283 g/mol. The number of oxime groups is 1. The first-order chi connectivity index (χ1) is 9.02. The highest BCUT2D eigenvalue weighted by atomic mass is 32.2. The highest BCUT2D eigenvalue weighted by molar-refractivity contribution is 7.91. The lowest BCUT2D eigenvalue weighted by atomic mass is 10.1. The van der Waals surface area contributed by atoms with Gasteiger partial charge < -0.3 is 16.3 Å². The van der Waals surface area contributed by atoms with Crippen molar-refractivity contribution in [1.29, 1.82) is 0 Å². The number of sulfone groups is 1. The summed E-state index contributed by atoms with van der Waals surface area (Å²) in [5, 5.41) is 14.9. The van der Waals surface area contributed by atoms with Crippen LogP contribution in [0.1, 0.15) is 17.5 Å². The number of benzene rings is 1. The van der Waals surface area contributed by atoms with Crippen molar-refractivity contribution in [2.75, 3.05) is 11.5 Å². The predicted molar refractivity (Wildman–Crippen MR) is 72.9 cm³/mol. The molecule has 1 heterocycles. The van der Waals surface area contributed by atoms with Gasteiger partial charge in [0.25, 0.3) is 0 Å². The summed E-state index contributed by atoms with van der Waals surface area (Å²) in [5.74, 6) is 0.474. The van der Waals surface area contributed by atoms with Gasteiger partial charge in [0.05, 0.1) is 11.5 Å². The number of nitrogens with zero attached hydrogens (tertiary/aromatic N) is 1. The maximum absolute atomic E-state index is 11.4. The first-order valence-electron chi connectivity index (χ1n) is 6.01. The SMILES string of the molecule is NC(=NO)c1ccccc1CNC1CCS(=O)(=O)C1. The number of nitrogens with one attached hydrogen (secondary N) is 1. The molecule has 0 aromatic heterocycles. The molecule has 7 heteroatoms. The van der Waals surface area contributed by atoms with E-state index in [1.807, 2.05) is 12.1 Å². The van der Waals surface area contributed by atoms with Gasteiger partial charge in [-0.2, -0.15) is 0 Å². The van der Waals surface area contributed by atoms with Gasteiger partial charge in [-0.15, -0.1) is 0 Å². The fourth-order valence-electron chi connectivity index (χ4n) is 2.19. The highest BCUT2D eigenvalue weighted by Crippen LogP contribution is 2.13. The maximum Gasteiger partial charge on any atom is 0.170 e. The Kier molecular flexibility index (Phi) is 4.06. The van der Waals surface area contributed by atoms with E-state index in [-0.39, 0.29) is 23.4 Å². The molecule has 1 unspecified atom stereocenters. The first kappa shape index (κ1) is 13.8. The lowest BCUT2D eigenvalue weighted by Gasteiger charge is -2.13. The van der Waals surface area contributed by atoms with Gasteiger partial charge in [-0.3, -0.25) is 0 Å². The van der Waals surface area contributed by atoms with Gasteiger partial charge in [0.2, 0.25) is 0 Å². The molecule has 0 spiro atoms. The van der Waals surface area contributed by atoms with Crippen LogP contribution in [0.2, 0.25) is 0 Å². The first-order valence-corrected chi connectivity index (χ1v) is 7.83. The van der Waals surface area contributed by atoms with E-state index in [1.54, 1.807) is 12.1 Å². The van der Waals surface area contributed by atoms with Crippen molar-refractivity contribution >= 4 is 15.7 Å². The van der Waals surface area contributed by atoms with Gasteiger partial charge in [-0.25, -0.2) is 8.42 Å². The number of nitrogens with two attached hydrogens (primary N) is 1. The van der Waals surface area contributed by atoms with E-state index in [1.165, 1.54) is 0 Å². The number of rotatable bonds is 4. The van der Waals surface area contributed by atoms with Crippen molar-refractivity contribution in [1.82, 2.24) is 5.32 Å². The van der Waals surface area contributed by atoms with Crippen LogP contribution in [0.4, 0.5) is 0 Å². The van der Waals surface area contributed by atoms with Gasteiger partial charge in [0.1, 0.15) is 0 Å². The zero-order valence-electron chi connectivity index (χ0n) is 10.4. The second-order valence-electron chi connectivity index (χ2n) is 4.62. The third kappa shape index (κ3) is 3.45. The molecule has 1 aromatic carbocycles. The summed E-state index contributed by atoms with van der Waals surface area (Å²) >= 11 is 0. The maximum atomic E-state index is 11.4. The van der Waals surface area contributed by atoms with Crippen LogP contribution in [-0.4, -0.2) is 37.0 Å². The van der Waals surface area contributed by atoms with Gasteiger partial charge in [0, 0.05) is 18.2 Å². The van der Waals surface area contributed by atoms with E-state index in [9.17, 15) is 8.42 Å². The minimum atomic E-state index is -2.88. The zero-order valence-corrected chi connectivity index (χ0v) is 11.2. The summed E-state index contributed by atoms with van der Waals surface area (Å²) in [6, 6.07) is 7.26. The fraction of sp³-hybridized carbons (Fsp3) is 0.417. The fourth-order valence-corrected chi connectivity index (χ4v) is 3.90. The summed E-state index contributed by atoms with van der Waals surface area (Å²) in [6.07, 6.45) is 0.633. The minimum absolute atomic E-state index is 0.0228. The zero-order chi connectivity index (χ0) is 13.9. The topological polar surface area (TPSA) is 105 Å².